The summed E-state index contributed by atoms with van der Waals surface area (Å²) in [6.45, 7) is 0. The summed E-state index contributed by atoms with van der Waals surface area (Å²) in [4.78, 5) is 25.9. The third-order valence-electron chi connectivity index (χ3n) is 8.61. The molecule has 2 unspecified atom stereocenters. The summed E-state index contributed by atoms with van der Waals surface area (Å²) in [7, 11) is -3.82. The number of carbonyl (C=O) groups excluding carboxylic acids is 2. The molecule has 0 radical (unpaired) electrons. The van der Waals surface area contributed by atoms with Crippen molar-refractivity contribution in [3.8, 4) is 0 Å². The molecular formula is C23H29BrN2O4S. The van der Waals surface area contributed by atoms with Crippen molar-refractivity contribution in [2.24, 2.45) is 34.8 Å². The quantitative estimate of drug-likeness (QED) is 0.587. The highest BCUT2D eigenvalue weighted by atomic mass is 79.9. The predicted molar refractivity (Wildman–Crippen MR) is 119 cm³/mol. The highest BCUT2D eigenvalue weighted by Gasteiger charge is 2.59. The molecule has 0 spiro atoms. The lowest BCUT2D eigenvalue weighted by atomic mass is 9.45. The molecule has 5 saturated carbocycles. The molecule has 8 heteroatoms. The van der Waals surface area contributed by atoms with Crippen LogP contribution in [0.4, 0.5) is 0 Å². The van der Waals surface area contributed by atoms with E-state index in [-0.39, 0.29) is 27.9 Å². The van der Waals surface area contributed by atoms with Crippen molar-refractivity contribution >= 4 is 37.6 Å². The fourth-order valence-corrected chi connectivity index (χ4v) is 9.57. The Morgan fingerprint density at radius 2 is 1.74 bits per heavy atom. The first-order chi connectivity index (χ1) is 14.6. The van der Waals surface area contributed by atoms with Gasteiger partial charge < -0.3 is 5.73 Å². The number of benzene rings is 1. The lowest BCUT2D eigenvalue weighted by Gasteiger charge is -2.59. The zero-order valence-corrected chi connectivity index (χ0v) is 19.9. The molecule has 5 aliphatic rings. The minimum Gasteiger partial charge on any atom is -0.369 e. The van der Waals surface area contributed by atoms with Crippen LogP contribution in [-0.2, 0) is 19.6 Å². The molecule has 31 heavy (non-hydrogen) atoms. The second-order valence-corrected chi connectivity index (χ2v) is 12.9. The third-order valence-corrected chi connectivity index (χ3v) is 11.2. The Morgan fingerprint density at radius 1 is 1.10 bits per heavy atom. The molecule has 1 aromatic rings. The Kier molecular flexibility index (Phi) is 5.14. The van der Waals surface area contributed by atoms with Crippen molar-refractivity contribution in [3.63, 3.8) is 0 Å². The number of Topliss-reactive ketones (excluding diaryl/α,β-unsaturated/α-hetero) is 1. The molecule has 5 aliphatic carbocycles. The molecule has 2 atom stereocenters. The number of carbonyl (C=O) groups is 2. The molecule has 0 saturated heterocycles. The Labute approximate surface area is 191 Å². The average Bonchev–Trinajstić information content (AvgIpc) is 2.67. The number of hydrogen-bond acceptors (Lipinski definition) is 4. The number of primary amides is 1. The van der Waals surface area contributed by atoms with Gasteiger partial charge in [-0.1, -0.05) is 12.1 Å². The van der Waals surface area contributed by atoms with E-state index in [0.29, 0.717) is 41.5 Å². The first-order valence-electron chi connectivity index (χ1n) is 11.3. The van der Waals surface area contributed by atoms with Gasteiger partial charge in [0, 0.05) is 16.3 Å². The van der Waals surface area contributed by atoms with Crippen LogP contribution in [0.15, 0.2) is 33.6 Å². The minimum absolute atomic E-state index is 0.0139. The summed E-state index contributed by atoms with van der Waals surface area (Å²) in [6, 6.07) is 6.67. The van der Waals surface area contributed by atoms with Gasteiger partial charge in [0.05, 0.1) is 10.4 Å². The van der Waals surface area contributed by atoms with Crippen LogP contribution in [0.3, 0.4) is 0 Å². The van der Waals surface area contributed by atoms with Crippen molar-refractivity contribution in [3.05, 3.63) is 28.7 Å². The molecule has 6 nitrogen and oxygen atoms in total. The maximum atomic E-state index is 13.5. The first kappa shape index (κ1) is 21.6. The Balaban J connectivity index is 1.34. The third kappa shape index (κ3) is 3.49. The standard InChI is InChI=1S/C23H29BrN2O4S/c24-18-4-1-2-5-19(18)31(29,30)26-23(6-3-7-23)20(27)10-17-15-8-14-9-16(17)13-22(11-14,12-15)21(25)28/h1-2,4-5,14-17,26H,3,6-13H2,(H2,25,28). The van der Waals surface area contributed by atoms with E-state index < -0.39 is 15.6 Å². The summed E-state index contributed by atoms with van der Waals surface area (Å²) < 4.78 is 29.4. The van der Waals surface area contributed by atoms with E-state index in [4.69, 9.17) is 5.73 Å². The van der Waals surface area contributed by atoms with Gasteiger partial charge in [0.25, 0.3) is 0 Å². The van der Waals surface area contributed by atoms with Crippen LogP contribution in [0.1, 0.15) is 57.8 Å². The van der Waals surface area contributed by atoms with Crippen LogP contribution in [0.25, 0.3) is 0 Å². The lowest BCUT2D eigenvalue weighted by molar-refractivity contribution is -0.152. The molecule has 0 heterocycles. The topological polar surface area (TPSA) is 106 Å². The predicted octanol–water partition coefficient (Wildman–Crippen LogP) is 3.54. The summed E-state index contributed by atoms with van der Waals surface area (Å²) >= 11 is 3.31. The number of ketones is 1. The van der Waals surface area contributed by atoms with Crippen molar-refractivity contribution in [2.45, 2.75) is 68.2 Å². The van der Waals surface area contributed by atoms with Gasteiger partial charge in [0.2, 0.25) is 15.9 Å². The summed E-state index contributed by atoms with van der Waals surface area (Å²) in [6.07, 6.45) is 6.97. The number of nitrogens with two attached hydrogens (primary N) is 1. The van der Waals surface area contributed by atoms with Crippen LogP contribution in [0, 0.1) is 29.1 Å². The normalized spacial score (nSPS) is 35.5. The van der Waals surface area contributed by atoms with E-state index in [0.717, 1.165) is 38.5 Å². The molecule has 6 rings (SSSR count). The van der Waals surface area contributed by atoms with Crippen molar-refractivity contribution in [1.82, 2.24) is 4.72 Å². The van der Waals surface area contributed by atoms with Gasteiger partial charge >= 0.3 is 0 Å². The highest BCUT2D eigenvalue weighted by Crippen LogP contribution is 2.63. The number of sulfonamides is 1. The van der Waals surface area contributed by atoms with Crippen molar-refractivity contribution in [2.75, 3.05) is 0 Å². The molecule has 3 N–H and O–H groups in total. The smallest absolute Gasteiger partial charge is 0.242 e. The van der Waals surface area contributed by atoms with Crippen LogP contribution in [0.5, 0.6) is 0 Å². The van der Waals surface area contributed by atoms with E-state index >= 15 is 0 Å². The summed E-state index contributed by atoms with van der Waals surface area (Å²) in [5.74, 6) is 1.32. The molecular weight excluding hydrogens is 480 g/mol. The molecule has 0 aromatic heterocycles. The van der Waals surface area contributed by atoms with E-state index in [1.807, 2.05) is 0 Å². The van der Waals surface area contributed by atoms with E-state index in [1.54, 1.807) is 24.3 Å². The number of amides is 1. The fourth-order valence-electron chi connectivity index (χ4n) is 7.12. The summed E-state index contributed by atoms with van der Waals surface area (Å²) in [5, 5.41) is 0. The Morgan fingerprint density at radius 3 is 2.29 bits per heavy atom. The molecule has 0 aliphatic heterocycles. The molecule has 1 aromatic carbocycles. The van der Waals surface area contributed by atoms with Gasteiger partial charge in [-0.2, -0.15) is 4.72 Å². The van der Waals surface area contributed by atoms with Crippen molar-refractivity contribution < 1.29 is 18.0 Å². The highest BCUT2D eigenvalue weighted by molar-refractivity contribution is 9.10. The van der Waals surface area contributed by atoms with E-state index in [1.165, 1.54) is 0 Å². The van der Waals surface area contributed by atoms with Gasteiger partial charge in [-0.05, 0) is 103 Å². The zero-order valence-electron chi connectivity index (χ0n) is 17.5. The largest absolute Gasteiger partial charge is 0.369 e. The number of nitrogens with one attached hydrogen (secondary N) is 1. The SMILES string of the molecule is NC(=O)C12CC3CC(C1)C(CC(=O)C1(NS(=O)(=O)c4ccccc4Br)CCC1)C(C3)C2. The second-order valence-electron chi connectivity index (χ2n) is 10.4. The number of rotatable bonds is 7. The van der Waals surface area contributed by atoms with Crippen molar-refractivity contribution in [1.29, 1.82) is 0 Å². The average molecular weight is 509 g/mol. The van der Waals surface area contributed by atoms with E-state index in [9.17, 15) is 18.0 Å². The minimum atomic E-state index is -3.82. The second kappa shape index (κ2) is 7.39. The molecule has 168 valence electrons. The molecule has 4 bridgehead atoms. The van der Waals surface area contributed by atoms with Crippen LogP contribution in [-0.4, -0.2) is 25.6 Å². The number of halogens is 1. The zero-order chi connectivity index (χ0) is 22.0. The van der Waals surface area contributed by atoms with Crippen LogP contribution in [0.2, 0.25) is 0 Å². The first-order valence-corrected chi connectivity index (χ1v) is 13.5. The molecule has 5 fully saturated rings. The lowest BCUT2D eigenvalue weighted by Crippen LogP contribution is -2.61. The monoisotopic (exact) mass is 508 g/mol. The molecule has 1 amide bonds. The van der Waals surface area contributed by atoms with Gasteiger partial charge in [0.15, 0.2) is 5.78 Å². The van der Waals surface area contributed by atoms with E-state index in [2.05, 4.69) is 20.7 Å². The van der Waals surface area contributed by atoms with Crippen LogP contribution >= 0.6 is 15.9 Å². The van der Waals surface area contributed by atoms with Gasteiger partial charge in [0.1, 0.15) is 0 Å². The van der Waals surface area contributed by atoms with Gasteiger partial charge in [-0.25, -0.2) is 8.42 Å². The number of hydrogen-bond donors (Lipinski definition) is 2. The van der Waals surface area contributed by atoms with Crippen LogP contribution < -0.4 is 10.5 Å². The summed E-state index contributed by atoms with van der Waals surface area (Å²) in [5.41, 5.74) is 4.42. The maximum Gasteiger partial charge on any atom is 0.242 e. The van der Waals surface area contributed by atoms with Gasteiger partial charge in [-0.3, -0.25) is 9.59 Å². The Hall–Kier alpha value is -1.25. The van der Waals surface area contributed by atoms with Gasteiger partial charge in [-0.15, -0.1) is 0 Å². The fraction of sp³-hybridized carbons (Fsp3) is 0.652. The maximum absolute atomic E-state index is 13.5. The Bertz CT molecular complexity index is 1020.